The van der Waals surface area contributed by atoms with E-state index in [2.05, 4.69) is 17.2 Å². The molecule has 0 radical (unpaired) electrons. The van der Waals surface area contributed by atoms with E-state index in [9.17, 15) is 4.39 Å². The van der Waals surface area contributed by atoms with Gasteiger partial charge in [0, 0.05) is 24.6 Å². The van der Waals surface area contributed by atoms with Crippen LogP contribution in [0.5, 0.6) is 0 Å². The Morgan fingerprint density at radius 1 is 1.33 bits per heavy atom. The van der Waals surface area contributed by atoms with Gasteiger partial charge < -0.3 is 9.88 Å². The first-order chi connectivity index (χ1) is 8.70. The van der Waals surface area contributed by atoms with Crippen LogP contribution in [-0.4, -0.2) is 16.1 Å². The summed E-state index contributed by atoms with van der Waals surface area (Å²) in [6.07, 6.45) is 4.63. The molecule has 2 rings (SSSR count). The molecule has 0 aliphatic rings. The van der Waals surface area contributed by atoms with Crippen LogP contribution in [0.3, 0.4) is 0 Å². The predicted octanol–water partition coefficient (Wildman–Crippen LogP) is 2.82. The smallest absolute Gasteiger partial charge is 0.125 e. The number of nitrogens with zero attached hydrogens (tertiary/aromatic N) is 2. The van der Waals surface area contributed by atoms with Crippen LogP contribution in [0.1, 0.15) is 24.7 Å². The maximum Gasteiger partial charge on any atom is 0.125 e. The quantitative estimate of drug-likeness (QED) is 0.823. The van der Waals surface area contributed by atoms with Crippen molar-refractivity contribution >= 4 is 0 Å². The molecule has 18 heavy (non-hydrogen) atoms. The van der Waals surface area contributed by atoms with E-state index in [1.165, 1.54) is 6.07 Å². The first-order valence-electron chi connectivity index (χ1n) is 6.21. The van der Waals surface area contributed by atoms with E-state index in [1.54, 1.807) is 12.3 Å². The van der Waals surface area contributed by atoms with Crippen LogP contribution in [-0.2, 0) is 6.54 Å². The predicted molar refractivity (Wildman–Crippen MR) is 70.3 cm³/mol. The molecule has 0 amide bonds. The van der Waals surface area contributed by atoms with Gasteiger partial charge in [0.05, 0.1) is 0 Å². The highest BCUT2D eigenvalue weighted by atomic mass is 19.1. The topological polar surface area (TPSA) is 29.9 Å². The van der Waals surface area contributed by atoms with Crippen molar-refractivity contribution in [3.8, 4) is 5.69 Å². The summed E-state index contributed by atoms with van der Waals surface area (Å²) < 4.78 is 15.5. The molecule has 2 aromatic rings. The molecular weight excluding hydrogens is 229 g/mol. The van der Waals surface area contributed by atoms with Crippen molar-refractivity contribution in [3.05, 3.63) is 47.8 Å². The van der Waals surface area contributed by atoms with Crippen molar-refractivity contribution in [2.45, 2.75) is 26.8 Å². The Kier molecular flexibility index (Phi) is 4.10. The van der Waals surface area contributed by atoms with Gasteiger partial charge in [0.2, 0.25) is 0 Å². The fourth-order valence-corrected chi connectivity index (χ4v) is 1.93. The zero-order valence-electron chi connectivity index (χ0n) is 10.8. The Hall–Kier alpha value is -1.68. The Morgan fingerprint density at radius 2 is 2.17 bits per heavy atom. The molecule has 3 nitrogen and oxygen atoms in total. The molecule has 0 saturated heterocycles. The van der Waals surface area contributed by atoms with Gasteiger partial charge in [0.25, 0.3) is 0 Å². The lowest BCUT2D eigenvalue weighted by Gasteiger charge is -2.09. The summed E-state index contributed by atoms with van der Waals surface area (Å²) in [5.41, 5.74) is 1.77. The van der Waals surface area contributed by atoms with Crippen molar-refractivity contribution in [1.29, 1.82) is 0 Å². The summed E-state index contributed by atoms with van der Waals surface area (Å²) in [6.45, 7) is 5.64. The number of hydrogen-bond acceptors (Lipinski definition) is 2. The second-order valence-electron chi connectivity index (χ2n) is 4.34. The fourth-order valence-electron chi connectivity index (χ4n) is 1.93. The van der Waals surface area contributed by atoms with Crippen LogP contribution in [0.4, 0.5) is 4.39 Å². The minimum atomic E-state index is -0.214. The van der Waals surface area contributed by atoms with Crippen LogP contribution in [0.15, 0.2) is 30.6 Å². The van der Waals surface area contributed by atoms with Crippen LogP contribution in [0.2, 0.25) is 0 Å². The molecule has 1 heterocycles. The van der Waals surface area contributed by atoms with Gasteiger partial charge in [-0.2, -0.15) is 0 Å². The number of nitrogens with one attached hydrogen (secondary N) is 1. The number of aromatic nitrogens is 2. The van der Waals surface area contributed by atoms with Crippen molar-refractivity contribution in [2.75, 3.05) is 6.54 Å². The number of rotatable bonds is 5. The molecule has 0 aliphatic heterocycles. The third-order valence-corrected chi connectivity index (χ3v) is 2.80. The van der Waals surface area contributed by atoms with Crippen molar-refractivity contribution in [3.63, 3.8) is 0 Å². The first-order valence-corrected chi connectivity index (χ1v) is 6.21. The molecule has 1 aromatic carbocycles. The maximum absolute atomic E-state index is 13.6. The van der Waals surface area contributed by atoms with Gasteiger partial charge in [-0.1, -0.05) is 6.92 Å². The Balaban J connectivity index is 2.24. The molecule has 0 saturated carbocycles. The minimum Gasteiger partial charge on any atom is -0.313 e. The summed E-state index contributed by atoms with van der Waals surface area (Å²) in [6, 6.07) is 5.08. The van der Waals surface area contributed by atoms with Crippen LogP contribution in [0, 0.1) is 12.7 Å². The van der Waals surface area contributed by atoms with Crippen molar-refractivity contribution in [2.24, 2.45) is 0 Å². The van der Waals surface area contributed by atoms with Crippen LogP contribution >= 0.6 is 0 Å². The van der Waals surface area contributed by atoms with Gasteiger partial charge in [-0.25, -0.2) is 9.37 Å². The van der Waals surface area contributed by atoms with E-state index in [4.69, 9.17) is 0 Å². The first kappa shape index (κ1) is 12.8. The van der Waals surface area contributed by atoms with E-state index in [0.717, 1.165) is 30.0 Å². The molecule has 0 atom stereocenters. The summed E-state index contributed by atoms with van der Waals surface area (Å²) in [7, 11) is 0. The lowest BCUT2D eigenvalue weighted by Crippen LogP contribution is -2.14. The summed E-state index contributed by atoms with van der Waals surface area (Å²) >= 11 is 0. The molecule has 0 unspecified atom stereocenters. The number of hydrogen-bond donors (Lipinski definition) is 1. The third kappa shape index (κ3) is 2.96. The number of aryl methyl sites for hydroxylation is 1. The van der Waals surface area contributed by atoms with Gasteiger partial charge in [0.1, 0.15) is 11.6 Å². The van der Waals surface area contributed by atoms with E-state index < -0.39 is 0 Å². The fraction of sp³-hybridized carbons (Fsp3) is 0.357. The highest BCUT2D eigenvalue weighted by molar-refractivity contribution is 5.37. The maximum atomic E-state index is 13.6. The number of benzene rings is 1. The summed E-state index contributed by atoms with van der Waals surface area (Å²) in [5, 5.41) is 3.27. The molecule has 96 valence electrons. The molecule has 1 aromatic heterocycles. The van der Waals surface area contributed by atoms with Crippen molar-refractivity contribution < 1.29 is 4.39 Å². The van der Waals surface area contributed by atoms with E-state index in [1.807, 2.05) is 23.8 Å². The molecule has 1 N–H and O–H groups in total. The normalized spacial score (nSPS) is 10.8. The van der Waals surface area contributed by atoms with Gasteiger partial charge in [-0.05, 0) is 43.7 Å². The van der Waals surface area contributed by atoms with E-state index in [-0.39, 0.29) is 5.82 Å². The van der Waals surface area contributed by atoms with Crippen molar-refractivity contribution in [1.82, 2.24) is 14.9 Å². The average Bonchev–Trinajstić information content (AvgIpc) is 2.75. The second kappa shape index (κ2) is 5.78. The molecule has 0 fully saturated rings. The third-order valence-electron chi connectivity index (χ3n) is 2.80. The molecule has 0 spiro atoms. The Labute approximate surface area is 107 Å². The Bertz CT molecular complexity index is 520. The molecule has 0 bridgehead atoms. The average molecular weight is 247 g/mol. The lowest BCUT2D eigenvalue weighted by atomic mass is 10.2. The minimum absolute atomic E-state index is 0.214. The van der Waals surface area contributed by atoms with Crippen LogP contribution in [0.25, 0.3) is 5.69 Å². The van der Waals surface area contributed by atoms with Crippen LogP contribution < -0.4 is 5.32 Å². The second-order valence-corrected chi connectivity index (χ2v) is 4.34. The van der Waals surface area contributed by atoms with Gasteiger partial charge in [-0.3, -0.25) is 0 Å². The molecule has 4 heteroatoms. The van der Waals surface area contributed by atoms with Gasteiger partial charge in [-0.15, -0.1) is 0 Å². The SMILES string of the molecule is CCCNCc1cc(F)cc(-n2ccnc2C)c1. The lowest BCUT2D eigenvalue weighted by molar-refractivity contribution is 0.617. The highest BCUT2D eigenvalue weighted by Crippen LogP contribution is 2.15. The summed E-state index contributed by atoms with van der Waals surface area (Å²) in [4.78, 5) is 4.15. The summed E-state index contributed by atoms with van der Waals surface area (Å²) in [5.74, 6) is 0.641. The monoisotopic (exact) mass is 247 g/mol. The van der Waals surface area contributed by atoms with Gasteiger partial charge in [0.15, 0.2) is 0 Å². The molecular formula is C14H18FN3. The number of imidazole rings is 1. The molecule has 0 aliphatic carbocycles. The standard InChI is InChI=1S/C14H18FN3/c1-3-4-16-10-12-7-13(15)9-14(8-12)18-6-5-17-11(18)2/h5-9,16H,3-4,10H2,1-2H3. The zero-order chi connectivity index (χ0) is 13.0. The highest BCUT2D eigenvalue weighted by Gasteiger charge is 2.04. The largest absolute Gasteiger partial charge is 0.313 e. The number of halogens is 1. The van der Waals surface area contributed by atoms with E-state index >= 15 is 0 Å². The van der Waals surface area contributed by atoms with Gasteiger partial charge >= 0.3 is 0 Å². The zero-order valence-corrected chi connectivity index (χ0v) is 10.8. The Morgan fingerprint density at radius 3 is 2.83 bits per heavy atom. The van der Waals surface area contributed by atoms with E-state index in [0.29, 0.717) is 6.54 Å².